The molecule has 0 saturated heterocycles. The van der Waals surface area contributed by atoms with Crippen LogP contribution in [0.15, 0.2) is 30.3 Å². The number of nitrogens with one attached hydrogen (secondary N) is 1. The number of amides is 1. The van der Waals surface area contributed by atoms with E-state index in [2.05, 4.69) is 5.32 Å². The second-order valence-electron chi connectivity index (χ2n) is 4.54. The molecule has 1 amide bonds. The molecule has 0 aliphatic heterocycles. The molecule has 0 spiro atoms. The van der Waals surface area contributed by atoms with Crippen molar-refractivity contribution in [1.82, 2.24) is 0 Å². The molecule has 5 nitrogen and oxygen atoms in total. The Kier molecular flexibility index (Phi) is 6.18. The molecule has 0 radical (unpaired) electrons. The van der Waals surface area contributed by atoms with Crippen molar-refractivity contribution in [3.8, 4) is 5.75 Å². The van der Waals surface area contributed by atoms with Gasteiger partial charge in [-0.1, -0.05) is 46.4 Å². The Balaban J connectivity index is 2.03. The fourth-order valence-electron chi connectivity index (χ4n) is 1.73. The molecule has 0 aliphatic rings. The fraction of sp³-hybridized carbons (Fsp3) is 0.0667. The number of rotatable bonds is 5. The Morgan fingerprint density at radius 2 is 1.58 bits per heavy atom. The van der Waals surface area contributed by atoms with E-state index in [4.69, 9.17) is 56.2 Å². The number of hydrogen-bond donors (Lipinski definition) is 2. The third-order valence-electron chi connectivity index (χ3n) is 2.80. The first-order valence-corrected chi connectivity index (χ1v) is 7.89. The number of halogens is 4. The topological polar surface area (TPSA) is 75.6 Å². The first-order chi connectivity index (χ1) is 11.3. The molecule has 0 heterocycles. The van der Waals surface area contributed by atoms with Crippen molar-refractivity contribution in [2.75, 3.05) is 11.9 Å². The zero-order chi connectivity index (χ0) is 17.9. The zero-order valence-corrected chi connectivity index (χ0v) is 14.8. The molecule has 0 saturated carbocycles. The molecule has 2 aromatic carbocycles. The lowest BCUT2D eigenvalue weighted by molar-refractivity contribution is -0.118. The van der Waals surface area contributed by atoms with Gasteiger partial charge in [-0.3, -0.25) is 4.79 Å². The summed E-state index contributed by atoms with van der Waals surface area (Å²) in [5, 5.41) is 12.1. The highest BCUT2D eigenvalue weighted by Crippen LogP contribution is 2.34. The van der Waals surface area contributed by atoms with Gasteiger partial charge >= 0.3 is 5.97 Å². The Morgan fingerprint density at radius 1 is 0.958 bits per heavy atom. The van der Waals surface area contributed by atoms with Crippen LogP contribution in [0.4, 0.5) is 5.69 Å². The van der Waals surface area contributed by atoms with Gasteiger partial charge in [-0.05, 0) is 30.3 Å². The number of ether oxygens (including phenoxy) is 1. The summed E-state index contributed by atoms with van der Waals surface area (Å²) in [5.74, 6) is -1.64. The average molecular weight is 409 g/mol. The molecule has 126 valence electrons. The summed E-state index contributed by atoms with van der Waals surface area (Å²) in [6.45, 7) is -0.383. The number of benzene rings is 2. The van der Waals surface area contributed by atoms with Gasteiger partial charge in [0, 0.05) is 5.69 Å². The number of carbonyl (C=O) groups excluding carboxylic acids is 1. The van der Waals surface area contributed by atoms with E-state index in [-0.39, 0.29) is 28.0 Å². The summed E-state index contributed by atoms with van der Waals surface area (Å²) < 4.78 is 5.26. The number of aromatic carboxylic acids is 1. The highest BCUT2D eigenvalue weighted by Gasteiger charge is 2.15. The molecule has 0 aliphatic carbocycles. The van der Waals surface area contributed by atoms with Crippen molar-refractivity contribution < 1.29 is 19.4 Å². The monoisotopic (exact) mass is 407 g/mol. The Hall–Kier alpha value is -1.66. The molecule has 24 heavy (non-hydrogen) atoms. The molecule has 0 atom stereocenters. The summed E-state index contributed by atoms with van der Waals surface area (Å²) in [4.78, 5) is 22.8. The lowest BCUT2D eigenvalue weighted by atomic mass is 10.2. The van der Waals surface area contributed by atoms with E-state index >= 15 is 0 Å². The second kappa shape index (κ2) is 7.94. The van der Waals surface area contributed by atoms with Gasteiger partial charge in [-0.2, -0.15) is 0 Å². The van der Waals surface area contributed by atoms with Crippen molar-refractivity contribution in [2.24, 2.45) is 0 Å². The first-order valence-electron chi connectivity index (χ1n) is 6.38. The Morgan fingerprint density at radius 3 is 2.12 bits per heavy atom. The summed E-state index contributed by atoms with van der Waals surface area (Å²) >= 11 is 23.5. The van der Waals surface area contributed by atoms with Gasteiger partial charge in [0.05, 0.1) is 25.7 Å². The lowest BCUT2D eigenvalue weighted by Gasteiger charge is -2.11. The van der Waals surface area contributed by atoms with Crippen LogP contribution in [0.25, 0.3) is 0 Å². The largest absolute Gasteiger partial charge is 0.481 e. The third kappa shape index (κ3) is 4.68. The first kappa shape index (κ1) is 18.7. The zero-order valence-electron chi connectivity index (χ0n) is 11.8. The van der Waals surface area contributed by atoms with Crippen LogP contribution in [0.5, 0.6) is 5.75 Å². The van der Waals surface area contributed by atoms with Crippen LogP contribution in [0, 0.1) is 0 Å². The summed E-state index contributed by atoms with van der Waals surface area (Å²) in [7, 11) is 0. The van der Waals surface area contributed by atoms with Gasteiger partial charge in [0.25, 0.3) is 5.91 Å². The van der Waals surface area contributed by atoms with Crippen molar-refractivity contribution >= 4 is 64.0 Å². The molecule has 0 unspecified atom stereocenters. The van der Waals surface area contributed by atoms with E-state index in [1.807, 2.05) is 0 Å². The number of carboxylic acids is 1. The van der Waals surface area contributed by atoms with E-state index in [9.17, 15) is 9.59 Å². The van der Waals surface area contributed by atoms with Gasteiger partial charge in [0.15, 0.2) is 12.4 Å². The highest BCUT2D eigenvalue weighted by atomic mass is 35.5. The van der Waals surface area contributed by atoms with Crippen molar-refractivity contribution in [3.63, 3.8) is 0 Å². The molecule has 0 aromatic heterocycles. The maximum absolute atomic E-state index is 11.9. The number of hydrogen-bond acceptors (Lipinski definition) is 3. The quantitative estimate of drug-likeness (QED) is 0.728. The van der Waals surface area contributed by atoms with Crippen molar-refractivity contribution in [3.05, 3.63) is 56.0 Å². The molecule has 0 bridgehead atoms. The second-order valence-corrected chi connectivity index (χ2v) is 6.17. The minimum Gasteiger partial charge on any atom is -0.481 e. The SMILES string of the molecule is O=C(COc1c(Cl)cc(C(=O)O)cc1Cl)Nc1ccc(Cl)c(Cl)c1. The van der Waals surface area contributed by atoms with E-state index in [0.717, 1.165) is 0 Å². The molecular formula is C15H9Cl4NO4. The van der Waals surface area contributed by atoms with E-state index < -0.39 is 11.9 Å². The number of carbonyl (C=O) groups is 2. The van der Waals surface area contributed by atoms with E-state index in [0.29, 0.717) is 15.7 Å². The van der Waals surface area contributed by atoms with E-state index in [1.165, 1.54) is 18.2 Å². The van der Waals surface area contributed by atoms with Crippen LogP contribution < -0.4 is 10.1 Å². The summed E-state index contributed by atoms with van der Waals surface area (Å²) in [5.41, 5.74) is 0.356. The summed E-state index contributed by atoms with van der Waals surface area (Å²) in [6.07, 6.45) is 0. The molecule has 2 rings (SSSR count). The summed E-state index contributed by atoms with van der Waals surface area (Å²) in [6, 6.07) is 6.97. The maximum Gasteiger partial charge on any atom is 0.335 e. The highest BCUT2D eigenvalue weighted by molar-refractivity contribution is 6.42. The normalized spacial score (nSPS) is 10.3. The van der Waals surface area contributed by atoms with Gasteiger partial charge in [0.2, 0.25) is 0 Å². The molecule has 9 heteroatoms. The number of anilines is 1. The third-order valence-corrected chi connectivity index (χ3v) is 4.10. The Bertz CT molecular complexity index is 787. The predicted molar refractivity (Wildman–Crippen MR) is 94.0 cm³/mol. The van der Waals surface area contributed by atoms with E-state index in [1.54, 1.807) is 12.1 Å². The minimum absolute atomic E-state index is 0.0118. The number of carboxylic acid groups (broad SMARTS) is 1. The van der Waals surface area contributed by atoms with Crippen LogP contribution >= 0.6 is 46.4 Å². The fourth-order valence-corrected chi connectivity index (χ4v) is 2.62. The average Bonchev–Trinajstić information content (AvgIpc) is 2.50. The molecular weight excluding hydrogens is 400 g/mol. The van der Waals surface area contributed by atoms with Crippen LogP contribution in [0.1, 0.15) is 10.4 Å². The lowest BCUT2D eigenvalue weighted by Crippen LogP contribution is -2.20. The minimum atomic E-state index is -1.18. The van der Waals surface area contributed by atoms with Crippen LogP contribution in [-0.2, 0) is 4.79 Å². The molecule has 0 fully saturated rings. The van der Waals surface area contributed by atoms with Gasteiger partial charge in [-0.15, -0.1) is 0 Å². The van der Waals surface area contributed by atoms with Gasteiger partial charge in [-0.25, -0.2) is 4.79 Å². The Labute approximate surface area is 157 Å². The van der Waals surface area contributed by atoms with Crippen LogP contribution in [0.3, 0.4) is 0 Å². The van der Waals surface area contributed by atoms with Gasteiger partial charge in [0.1, 0.15) is 0 Å². The standard InChI is InChI=1S/C15H9Cl4NO4/c16-9-2-1-8(5-10(9)17)20-13(21)6-24-14-11(18)3-7(15(22)23)4-12(14)19/h1-5H,6H2,(H,20,21)(H,22,23). The van der Waals surface area contributed by atoms with Gasteiger partial charge < -0.3 is 15.2 Å². The molecule has 2 aromatic rings. The smallest absolute Gasteiger partial charge is 0.335 e. The maximum atomic E-state index is 11.9. The van der Waals surface area contributed by atoms with Crippen LogP contribution in [0.2, 0.25) is 20.1 Å². The van der Waals surface area contributed by atoms with Crippen LogP contribution in [-0.4, -0.2) is 23.6 Å². The van der Waals surface area contributed by atoms with Crippen molar-refractivity contribution in [2.45, 2.75) is 0 Å². The van der Waals surface area contributed by atoms with Crippen molar-refractivity contribution in [1.29, 1.82) is 0 Å². The predicted octanol–water partition coefficient (Wildman–Crippen LogP) is 5.02. The molecule has 2 N–H and O–H groups in total.